The molecule has 2 aliphatic rings. The van der Waals surface area contributed by atoms with Crippen LogP contribution >= 0.6 is 0 Å². The Morgan fingerprint density at radius 1 is 1.38 bits per heavy atom. The van der Waals surface area contributed by atoms with Crippen LogP contribution in [0.25, 0.3) is 0 Å². The summed E-state index contributed by atoms with van der Waals surface area (Å²) < 4.78 is 5.81. The van der Waals surface area contributed by atoms with E-state index in [-0.39, 0.29) is 11.4 Å². The summed E-state index contributed by atoms with van der Waals surface area (Å²) in [5.41, 5.74) is -0.369. The number of rotatable bonds is 2. The van der Waals surface area contributed by atoms with E-state index < -0.39 is 0 Å². The van der Waals surface area contributed by atoms with E-state index in [1.54, 1.807) is 6.92 Å². The van der Waals surface area contributed by atoms with Crippen molar-refractivity contribution in [2.75, 3.05) is 6.61 Å². The highest BCUT2D eigenvalue weighted by molar-refractivity contribution is 5.85. The van der Waals surface area contributed by atoms with Gasteiger partial charge in [-0.15, -0.1) is 0 Å². The summed E-state index contributed by atoms with van der Waals surface area (Å²) in [7, 11) is 0. The molecule has 2 fully saturated rings. The average molecular weight is 182 g/mol. The van der Waals surface area contributed by atoms with Gasteiger partial charge >= 0.3 is 0 Å². The molecule has 0 aromatic heterocycles. The third kappa shape index (κ3) is 1.52. The number of hydrogen-bond acceptors (Lipinski definition) is 2. The van der Waals surface area contributed by atoms with Crippen LogP contribution in [0.15, 0.2) is 0 Å². The van der Waals surface area contributed by atoms with Crippen molar-refractivity contribution in [2.24, 2.45) is 11.8 Å². The molecule has 0 aromatic carbocycles. The summed E-state index contributed by atoms with van der Waals surface area (Å²) in [5, 5.41) is 0. The number of ether oxygens (including phenoxy) is 1. The molecule has 1 aliphatic carbocycles. The van der Waals surface area contributed by atoms with Crippen molar-refractivity contribution in [3.63, 3.8) is 0 Å². The number of ketones is 1. The molecular formula is C11H18O2. The monoisotopic (exact) mass is 182 g/mol. The van der Waals surface area contributed by atoms with Crippen molar-refractivity contribution in [1.82, 2.24) is 0 Å². The predicted molar refractivity (Wildman–Crippen MR) is 50.5 cm³/mol. The number of carbonyl (C=O) groups is 1. The molecule has 2 atom stereocenters. The lowest BCUT2D eigenvalue weighted by Gasteiger charge is -2.37. The van der Waals surface area contributed by atoms with Gasteiger partial charge in [0, 0.05) is 0 Å². The molecule has 1 unspecified atom stereocenters. The average Bonchev–Trinajstić information content (AvgIpc) is 2.88. The van der Waals surface area contributed by atoms with E-state index in [9.17, 15) is 4.79 Å². The lowest BCUT2D eigenvalue weighted by Crippen LogP contribution is -2.46. The fourth-order valence-electron chi connectivity index (χ4n) is 2.34. The molecule has 0 aromatic rings. The molecule has 1 saturated carbocycles. The molecular weight excluding hydrogens is 164 g/mol. The zero-order valence-electron chi connectivity index (χ0n) is 8.51. The highest BCUT2D eigenvalue weighted by Gasteiger charge is 2.51. The van der Waals surface area contributed by atoms with Crippen molar-refractivity contribution in [2.45, 2.75) is 45.1 Å². The van der Waals surface area contributed by atoms with Gasteiger partial charge in [-0.1, -0.05) is 6.92 Å². The molecule has 1 aliphatic heterocycles. The van der Waals surface area contributed by atoms with Crippen molar-refractivity contribution in [1.29, 1.82) is 0 Å². The standard InChI is InChI=1S/C11H18O2/c1-8-5-6-11(9(2)12,13-7-8)10-3-4-10/h8,10H,3-7H2,1-2H3/t8?,11-/m1/s1. The molecule has 74 valence electrons. The molecule has 1 saturated heterocycles. The van der Waals surface area contributed by atoms with E-state index in [0.29, 0.717) is 11.8 Å². The number of Topliss-reactive ketones (excluding diaryl/α,β-unsaturated/α-hetero) is 1. The van der Waals surface area contributed by atoms with E-state index in [1.165, 1.54) is 12.8 Å². The van der Waals surface area contributed by atoms with Gasteiger partial charge in [0.15, 0.2) is 5.78 Å². The maximum atomic E-state index is 11.6. The van der Waals surface area contributed by atoms with Gasteiger partial charge in [-0.25, -0.2) is 0 Å². The van der Waals surface area contributed by atoms with Gasteiger partial charge in [-0.2, -0.15) is 0 Å². The minimum atomic E-state index is -0.369. The summed E-state index contributed by atoms with van der Waals surface area (Å²) in [6.07, 6.45) is 4.48. The topological polar surface area (TPSA) is 26.3 Å². The Morgan fingerprint density at radius 2 is 2.08 bits per heavy atom. The first-order valence-electron chi connectivity index (χ1n) is 5.30. The van der Waals surface area contributed by atoms with Crippen LogP contribution in [0.5, 0.6) is 0 Å². The lowest BCUT2D eigenvalue weighted by atomic mass is 9.83. The number of carbonyl (C=O) groups excluding carboxylic acids is 1. The van der Waals surface area contributed by atoms with Crippen LogP contribution in [-0.4, -0.2) is 18.0 Å². The summed E-state index contributed by atoms with van der Waals surface area (Å²) in [5.74, 6) is 1.42. The van der Waals surface area contributed by atoms with Crippen LogP contribution in [0.2, 0.25) is 0 Å². The second-order valence-corrected chi connectivity index (χ2v) is 4.67. The van der Waals surface area contributed by atoms with Gasteiger partial charge in [0.05, 0.1) is 6.61 Å². The molecule has 0 amide bonds. The SMILES string of the molecule is CC(=O)[C@@]1(C2CC2)CCC(C)CO1. The van der Waals surface area contributed by atoms with Crippen molar-refractivity contribution in [3.05, 3.63) is 0 Å². The van der Waals surface area contributed by atoms with Gasteiger partial charge in [-0.05, 0) is 44.4 Å². The maximum absolute atomic E-state index is 11.6. The summed E-state index contributed by atoms with van der Waals surface area (Å²) >= 11 is 0. The van der Waals surface area contributed by atoms with Gasteiger partial charge in [0.1, 0.15) is 5.60 Å². The zero-order chi connectivity index (χ0) is 9.47. The lowest BCUT2D eigenvalue weighted by molar-refractivity contribution is -0.157. The first-order valence-corrected chi connectivity index (χ1v) is 5.30. The van der Waals surface area contributed by atoms with Crippen LogP contribution < -0.4 is 0 Å². The molecule has 0 radical (unpaired) electrons. The smallest absolute Gasteiger partial charge is 0.161 e. The largest absolute Gasteiger partial charge is 0.367 e. The van der Waals surface area contributed by atoms with Crippen LogP contribution in [0.4, 0.5) is 0 Å². The Kier molecular flexibility index (Phi) is 2.18. The minimum absolute atomic E-state index is 0.252. The van der Waals surface area contributed by atoms with Crippen molar-refractivity contribution in [3.8, 4) is 0 Å². The molecule has 2 heteroatoms. The highest BCUT2D eigenvalue weighted by atomic mass is 16.5. The molecule has 0 bridgehead atoms. The minimum Gasteiger partial charge on any atom is -0.367 e. The predicted octanol–water partition coefficient (Wildman–Crippen LogP) is 2.17. The van der Waals surface area contributed by atoms with Crippen LogP contribution in [0, 0.1) is 11.8 Å². The van der Waals surface area contributed by atoms with Gasteiger partial charge in [-0.3, -0.25) is 4.79 Å². The van der Waals surface area contributed by atoms with Crippen LogP contribution in [0.1, 0.15) is 39.5 Å². The molecule has 1 heterocycles. The first-order chi connectivity index (χ1) is 6.15. The second-order valence-electron chi connectivity index (χ2n) is 4.67. The molecule has 2 rings (SSSR count). The van der Waals surface area contributed by atoms with Crippen molar-refractivity contribution >= 4 is 5.78 Å². The van der Waals surface area contributed by atoms with Gasteiger partial charge in [0.25, 0.3) is 0 Å². The second kappa shape index (κ2) is 3.09. The third-order valence-electron chi connectivity index (χ3n) is 3.47. The number of hydrogen-bond donors (Lipinski definition) is 0. The maximum Gasteiger partial charge on any atom is 0.161 e. The van der Waals surface area contributed by atoms with Crippen molar-refractivity contribution < 1.29 is 9.53 Å². The van der Waals surface area contributed by atoms with Gasteiger partial charge in [0.2, 0.25) is 0 Å². The Morgan fingerprint density at radius 3 is 2.46 bits per heavy atom. The Bertz CT molecular complexity index is 210. The van der Waals surface area contributed by atoms with E-state index in [2.05, 4.69) is 6.92 Å². The first kappa shape index (κ1) is 9.20. The Labute approximate surface area is 79.7 Å². The van der Waals surface area contributed by atoms with Crippen LogP contribution in [-0.2, 0) is 9.53 Å². The Balaban J connectivity index is 2.10. The van der Waals surface area contributed by atoms with E-state index in [0.717, 1.165) is 19.4 Å². The fourth-order valence-corrected chi connectivity index (χ4v) is 2.34. The van der Waals surface area contributed by atoms with E-state index >= 15 is 0 Å². The third-order valence-corrected chi connectivity index (χ3v) is 3.47. The summed E-state index contributed by atoms with van der Waals surface area (Å²) in [4.78, 5) is 11.6. The van der Waals surface area contributed by atoms with E-state index in [1.807, 2.05) is 0 Å². The summed E-state index contributed by atoms with van der Waals surface area (Å²) in [6.45, 7) is 4.65. The molecule has 13 heavy (non-hydrogen) atoms. The zero-order valence-corrected chi connectivity index (χ0v) is 8.51. The fraction of sp³-hybridized carbons (Fsp3) is 0.909. The molecule has 0 spiro atoms. The Hall–Kier alpha value is -0.370. The highest BCUT2D eigenvalue weighted by Crippen LogP contribution is 2.47. The van der Waals surface area contributed by atoms with E-state index in [4.69, 9.17) is 4.74 Å². The summed E-state index contributed by atoms with van der Waals surface area (Å²) in [6, 6.07) is 0. The quantitative estimate of drug-likeness (QED) is 0.654. The molecule has 2 nitrogen and oxygen atoms in total. The molecule has 0 N–H and O–H groups in total. The normalized spacial score (nSPS) is 40.3. The van der Waals surface area contributed by atoms with Gasteiger partial charge < -0.3 is 4.74 Å². The van der Waals surface area contributed by atoms with Crippen LogP contribution in [0.3, 0.4) is 0 Å².